The van der Waals surface area contributed by atoms with Crippen LogP contribution in [-0.2, 0) is 43.2 Å². The van der Waals surface area contributed by atoms with Crippen molar-refractivity contribution >= 4 is 53.2 Å². The lowest BCUT2D eigenvalue weighted by atomic mass is 9.96. The molecule has 0 radical (unpaired) electrons. The minimum atomic E-state index is -1.47. The Hall–Kier alpha value is -4.85. The monoisotopic (exact) mass is 809 g/mol. The van der Waals surface area contributed by atoms with Crippen molar-refractivity contribution in [3.05, 3.63) is 0 Å². The van der Waals surface area contributed by atoms with Gasteiger partial charge in [0.05, 0.1) is 31.5 Å². The molecule has 322 valence electrons. The Bertz CT molecular complexity index is 1460. The first-order chi connectivity index (χ1) is 26.8. The highest BCUT2D eigenvalue weighted by Crippen LogP contribution is 2.22. The summed E-state index contributed by atoms with van der Waals surface area (Å²) in [7, 11) is 0. The first kappa shape index (κ1) is 48.3. The second-order valence-corrected chi connectivity index (χ2v) is 15.5. The summed E-state index contributed by atoms with van der Waals surface area (Å²) in [5, 5.41) is 24.3. The van der Waals surface area contributed by atoms with Gasteiger partial charge in [0.1, 0.15) is 30.2 Å². The van der Waals surface area contributed by atoms with Gasteiger partial charge in [0, 0.05) is 13.1 Å². The van der Waals surface area contributed by atoms with Gasteiger partial charge in [-0.1, -0.05) is 34.1 Å². The van der Waals surface area contributed by atoms with Crippen molar-refractivity contribution in [2.75, 3.05) is 26.2 Å². The third kappa shape index (κ3) is 14.9. The average Bonchev–Trinajstić information content (AvgIpc) is 3.85. The number of carboxylic acids is 1. The molecule has 2 aliphatic rings. The van der Waals surface area contributed by atoms with Gasteiger partial charge in [0.2, 0.25) is 41.4 Å². The topological polar surface area (TPSA) is 325 Å². The van der Waals surface area contributed by atoms with Gasteiger partial charge >= 0.3 is 0 Å². The maximum atomic E-state index is 14.0. The summed E-state index contributed by atoms with van der Waals surface area (Å²) >= 11 is 0. The third-order valence-electron chi connectivity index (χ3n) is 10.4. The average molecular weight is 810 g/mol. The fourth-order valence-corrected chi connectivity index (χ4v) is 6.95. The van der Waals surface area contributed by atoms with Crippen LogP contribution in [0.5, 0.6) is 0 Å². The summed E-state index contributed by atoms with van der Waals surface area (Å²) in [4.78, 5) is 119. The first-order valence-electron chi connectivity index (χ1n) is 20.0. The first-order valence-corrected chi connectivity index (χ1v) is 20.0. The molecule has 20 heteroatoms. The van der Waals surface area contributed by atoms with E-state index < -0.39 is 102 Å². The molecule has 0 aliphatic carbocycles. The molecule has 0 aromatic rings. The summed E-state index contributed by atoms with van der Waals surface area (Å²) in [5.41, 5.74) is 12.7. The zero-order chi connectivity index (χ0) is 43.0. The maximum absolute atomic E-state index is 14.0. The van der Waals surface area contributed by atoms with Crippen LogP contribution in [0.1, 0.15) is 98.8 Å². The molecule has 2 saturated heterocycles. The fourth-order valence-electron chi connectivity index (χ4n) is 6.95. The minimum absolute atomic E-state index is 0.0732. The summed E-state index contributed by atoms with van der Waals surface area (Å²) in [6, 6.07) is -7.29. The van der Waals surface area contributed by atoms with Crippen molar-refractivity contribution in [3.63, 3.8) is 0 Å². The van der Waals surface area contributed by atoms with Gasteiger partial charge in [0.15, 0.2) is 6.04 Å². The van der Waals surface area contributed by atoms with Crippen LogP contribution in [-0.4, -0.2) is 131 Å². The molecule has 20 nitrogen and oxygen atoms in total. The molecule has 2 aliphatic heterocycles. The SMILES string of the molecule is CC[C@H](C)[C@H](NC(=O)[C@H](CCCC[NH3+])NC(=O)[C@H](CC(C)C)NC(=O)CNC(=O)[C@@H]1CCCN1C(=O)[C@@H]([NH3+])CC(N)=O)C(=O)N1CCC[C@H]1C(=O)N[C@@H](C)C(=O)[O-]. The number of rotatable bonds is 23. The Labute approximate surface area is 333 Å². The predicted octanol–water partition coefficient (Wildman–Crippen LogP) is -5.22. The largest absolute Gasteiger partial charge is 0.548 e. The number of amides is 8. The number of carbonyl (C=O) groups excluding carboxylic acids is 9. The van der Waals surface area contributed by atoms with Crippen molar-refractivity contribution < 1.29 is 59.7 Å². The summed E-state index contributed by atoms with van der Waals surface area (Å²) in [5.74, 6) is -6.78. The van der Waals surface area contributed by atoms with E-state index in [4.69, 9.17) is 5.73 Å². The molecule has 0 aromatic heterocycles. The van der Waals surface area contributed by atoms with E-state index in [1.54, 1.807) is 6.92 Å². The van der Waals surface area contributed by atoms with Gasteiger partial charge in [0.25, 0.3) is 5.91 Å². The van der Waals surface area contributed by atoms with Gasteiger partial charge in [-0.15, -0.1) is 0 Å². The van der Waals surface area contributed by atoms with Crippen LogP contribution in [0.3, 0.4) is 0 Å². The van der Waals surface area contributed by atoms with Gasteiger partial charge in [-0.2, -0.15) is 0 Å². The molecule has 0 bridgehead atoms. The van der Waals surface area contributed by atoms with E-state index in [1.807, 2.05) is 20.8 Å². The lowest BCUT2D eigenvalue weighted by Crippen LogP contribution is -2.69. The number of nitrogens with one attached hydrogen (secondary N) is 5. The van der Waals surface area contributed by atoms with E-state index in [2.05, 4.69) is 38.1 Å². The number of carboxylic acid groups (broad SMARTS) is 1. The summed E-state index contributed by atoms with van der Waals surface area (Å²) in [6.45, 7) is 9.17. The van der Waals surface area contributed by atoms with Crippen molar-refractivity contribution in [2.45, 2.75) is 141 Å². The number of aliphatic carboxylic acids is 1. The molecule has 2 fully saturated rings. The predicted molar refractivity (Wildman–Crippen MR) is 202 cm³/mol. The number of primary amides is 1. The Morgan fingerprint density at radius 1 is 0.789 bits per heavy atom. The molecule has 57 heavy (non-hydrogen) atoms. The molecule has 2 rings (SSSR count). The fraction of sp³-hybridized carbons (Fsp3) is 0.757. The maximum Gasteiger partial charge on any atom is 0.281 e. The van der Waals surface area contributed by atoms with E-state index in [1.165, 1.54) is 16.7 Å². The highest BCUT2D eigenvalue weighted by Gasteiger charge is 2.41. The molecular weight excluding hydrogens is 744 g/mol. The molecule has 8 amide bonds. The molecule has 0 saturated carbocycles. The second kappa shape index (κ2) is 23.4. The molecule has 13 N–H and O–H groups in total. The Morgan fingerprint density at radius 2 is 1.37 bits per heavy atom. The molecular formula is C37H65N10O10+. The van der Waals surface area contributed by atoms with Gasteiger partial charge in [-0.05, 0) is 70.1 Å². The van der Waals surface area contributed by atoms with Crippen molar-refractivity contribution in [2.24, 2.45) is 17.6 Å². The van der Waals surface area contributed by atoms with Crippen LogP contribution in [0.15, 0.2) is 0 Å². The molecule has 8 atom stereocenters. The minimum Gasteiger partial charge on any atom is -0.548 e. The van der Waals surface area contributed by atoms with Crippen LogP contribution < -0.4 is 48.9 Å². The Balaban J connectivity index is 2.18. The van der Waals surface area contributed by atoms with Gasteiger partial charge in [-0.3, -0.25) is 38.4 Å². The number of likely N-dealkylation sites (tertiary alicyclic amines) is 2. The number of nitrogens with zero attached hydrogens (tertiary/aromatic N) is 2. The van der Waals surface area contributed by atoms with E-state index in [-0.39, 0.29) is 44.2 Å². The molecule has 0 spiro atoms. The number of carbonyl (C=O) groups is 9. The summed E-state index contributed by atoms with van der Waals surface area (Å²) in [6.07, 6.45) is 3.46. The van der Waals surface area contributed by atoms with Crippen LogP contribution in [0.25, 0.3) is 0 Å². The number of quaternary nitrogens is 2. The number of nitrogens with two attached hydrogens (primary N) is 1. The van der Waals surface area contributed by atoms with Crippen molar-refractivity contribution in [1.82, 2.24) is 36.4 Å². The molecule has 0 aromatic carbocycles. The Morgan fingerprint density at radius 3 is 1.91 bits per heavy atom. The number of unbranched alkanes of at least 4 members (excludes halogenated alkanes) is 1. The van der Waals surface area contributed by atoms with E-state index in [0.29, 0.717) is 51.5 Å². The van der Waals surface area contributed by atoms with Crippen LogP contribution in [0, 0.1) is 11.8 Å². The standard InChI is InChI=1S/C37H64N10O10/c1-6-21(4)30(36(55)47-16-10-13-27(47)34(53)42-22(5)37(56)57)45-31(50)24(11-7-8-14-38)44-32(51)25(17-20(2)3)43-29(49)19-41-33(52)26-12-9-15-46(26)35(54)23(39)18-28(40)48/h20-27,30H,6-19,38-39H2,1-5H3,(H2,40,48)(H,41,52)(H,42,53)(H,43,49)(H,44,51)(H,45,50)(H,56,57)/p+1/t21-,22-,23-,24-,25-,26-,27-,30-/m0/s1. The van der Waals surface area contributed by atoms with E-state index >= 15 is 0 Å². The zero-order valence-electron chi connectivity index (χ0n) is 34.1. The lowest BCUT2D eigenvalue weighted by Gasteiger charge is -2.33. The molecule has 0 unspecified atom stereocenters. The molecule has 2 heterocycles. The summed E-state index contributed by atoms with van der Waals surface area (Å²) < 4.78 is 0. The number of hydrogen-bond acceptors (Lipinski definition) is 10. The third-order valence-corrected chi connectivity index (χ3v) is 10.4. The van der Waals surface area contributed by atoms with Crippen molar-refractivity contribution in [1.29, 1.82) is 0 Å². The highest BCUT2D eigenvalue weighted by atomic mass is 16.4. The van der Waals surface area contributed by atoms with Crippen LogP contribution in [0.4, 0.5) is 0 Å². The lowest BCUT2D eigenvalue weighted by molar-refractivity contribution is -0.404. The van der Waals surface area contributed by atoms with Gasteiger partial charge < -0.3 is 63.5 Å². The van der Waals surface area contributed by atoms with Crippen molar-refractivity contribution in [3.8, 4) is 0 Å². The smallest absolute Gasteiger partial charge is 0.281 e. The normalized spacial score (nSPS) is 19.7. The zero-order valence-corrected chi connectivity index (χ0v) is 34.1. The second-order valence-electron chi connectivity index (χ2n) is 15.5. The quantitative estimate of drug-likeness (QED) is 0.0454. The van der Waals surface area contributed by atoms with Crippen LogP contribution >= 0.6 is 0 Å². The van der Waals surface area contributed by atoms with E-state index in [0.717, 1.165) is 0 Å². The Kier molecular flexibility index (Phi) is 19.8. The van der Waals surface area contributed by atoms with Crippen LogP contribution in [0.2, 0.25) is 0 Å². The number of hydrogen-bond donors (Lipinski definition) is 8. The van der Waals surface area contributed by atoms with E-state index in [9.17, 15) is 48.3 Å². The van der Waals surface area contributed by atoms with Gasteiger partial charge in [-0.25, -0.2) is 0 Å². The highest BCUT2D eigenvalue weighted by molar-refractivity contribution is 5.97.